The van der Waals surface area contributed by atoms with E-state index in [1.807, 2.05) is 17.3 Å². The van der Waals surface area contributed by atoms with Crippen LogP contribution in [0.4, 0.5) is 0 Å². The lowest BCUT2D eigenvalue weighted by Gasteiger charge is -2.35. The van der Waals surface area contributed by atoms with E-state index < -0.39 is 0 Å². The van der Waals surface area contributed by atoms with E-state index in [-0.39, 0.29) is 12.0 Å². The average molecular weight is 319 g/mol. The van der Waals surface area contributed by atoms with Crippen molar-refractivity contribution < 1.29 is 9.53 Å². The average Bonchev–Trinajstić information content (AvgIpc) is 3.09. The number of nitrogens with zero attached hydrogens (tertiary/aromatic N) is 2. The number of aromatic nitrogens is 2. The van der Waals surface area contributed by atoms with Gasteiger partial charge in [-0.25, -0.2) is 0 Å². The number of ether oxygens (including phenoxy) is 1. The first-order chi connectivity index (χ1) is 11.3. The van der Waals surface area contributed by atoms with E-state index in [1.165, 1.54) is 37.7 Å². The molecule has 0 spiro atoms. The molecule has 1 aromatic rings. The van der Waals surface area contributed by atoms with E-state index in [4.69, 9.17) is 4.74 Å². The minimum atomic E-state index is 0.254. The minimum absolute atomic E-state index is 0.254. The maximum Gasteiger partial charge on any atom is 0.222 e. The first-order valence-corrected chi connectivity index (χ1v) is 9.18. The first-order valence-electron chi connectivity index (χ1n) is 9.18. The van der Waals surface area contributed by atoms with Crippen LogP contribution in [-0.2, 0) is 16.0 Å². The second-order valence-corrected chi connectivity index (χ2v) is 7.03. The Bertz CT molecular complexity index is 469. The molecule has 2 fully saturated rings. The summed E-state index contributed by atoms with van der Waals surface area (Å²) >= 11 is 0. The molecule has 1 saturated heterocycles. The fraction of sp³-hybridized carbons (Fsp3) is 0.778. The summed E-state index contributed by atoms with van der Waals surface area (Å²) in [5.74, 6) is 1.09. The van der Waals surface area contributed by atoms with Crippen LogP contribution in [0, 0.1) is 5.92 Å². The van der Waals surface area contributed by atoms with E-state index in [1.54, 1.807) is 0 Å². The Labute approximate surface area is 138 Å². The zero-order valence-corrected chi connectivity index (χ0v) is 14.0. The van der Waals surface area contributed by atoms with Crippen molar-refractivity contribution in [3.8, 4) is 0 Å². The van der Waals surface area contributed by atoms with Crippen LogP contribution in [-0.4, -0.2) is 46.8 Å². The summed E-state index contributed by atoms with van der Waals surface area (Å²) in [6, 6.07) is 0. The van der Waals surface area contributed by atoms with Gasteiger partial charge in [-0.1, -0.05) is 32.1 Å². The van der Waals surface area contributed by atoms with E-state index in [0.29, 0.717) is 13.0 Å². The van der Waals surface area contributed by atoms with Crippen LogP contribution in [0.2, 0.25) is 0 Å². The van der Waals surface area contributed by atoms with Gasteiger partial charge in [-0.05, 0) is 30.7 Å². The van der Waals surface area contributed by atoms with Crippen LogP contribution in [0.1, 0.15) is 56.9 Å². The summed E-state index contributed by atoms with van der Waals surface area (Å²) in [5, 5.41) is 6.75. The van der Waals surface area contributed by atoms with E-state index >= 15 is 0 Å². The maximum absolute atomic E-state index is 12.4. The number of morpholine rings is 1. The van der Waals surface area contributed by atoms with Crippen LogP contribution >= 0.6 is 0 Å². The number of carbonyl (C=O) groups excluding carboxylic acids is 1. The third-order valence-electron chi connectivity index (χ3n) is 5.22. The van der Waals surface area contributed by atoms with Crippen molar-refractivity contribution in [2.75, 3.05) is 19.7 Å². The van der Waals surface area contributed by atoms with Crippen LogP contribution in [0.25, 0.3) is 0 Å². The largest absolute Gasteiger partial charge is 0.375 e. The minimum Gasteiger partial charge on any atom is -0.375 e. The Kier molecular flexibility index (Phi) is 6.08. The van der Waals surface area contributed by atoms with Crippen molar-refractivity contribution in [1.29, 1.82) is 0 Å². The Morgan fingerprint density at radius 1 is 1.35 bits per heavy atom. The van der Waals surface area contributed by atoms with Gasteiger partial charge in [-0.3, -0.25) is 9.89 Å². The van der Waals surface area contributed by atoms with Gasteiger partial charge >= 0.3 is 0 Å². The fourth-order valence-electron chi connectivity index (χ4n) is 3.90. The molecule has 23 heavy (non-hydrogen) atoms. The number of aromatic amines is 1. The normalized spacial score (nSPS) is 23.1. The Balaban J connectivity index is 1.39. The monoisotopic (exact) mass is 319 g/mol. The molecule has 5 heteroatoms. The molecule has 2 aliphatic rings. The molecular formula is C18H29N3O2. The highest BCUT2D eigenvalue weighted by Gasteiger charge is 2.26. The molecule has 5 nitrogen and oxygen atoms in total. The molecule has 0 unspecified atom stereocenters. The van der Waals surface area contributed by atoms with Crippen molar-refractivity contribution in [3.63, 3.8) is 0 Å². The molecule has 3 rings (SSSR count). The van der Waals surface area contributed by atoms with Crippen LogP contribution in [0.3, 0.4) is 0 Å². The quantitative estimate of drug-likeness (QED) is 0.877. The lowest BCUT2D eigenvalue weighted by molar-refractivity contribution is -0.139. The highest BCUT2D eigenvalue weighted by molar-refractivity contribution is 5.76. The van der Waals surface area contributed by atoms with Crippen LogP contribution in [0.15, 0.2) is 12.4 Å². The number of nitrogens with one attached hydrogen (secondary N) is 1. The molecule has 1 aromatic heterocycles. The fourth-order valence-corrected chi connectivity index (χ4v) is 3.90. The van der Waals surface area contributed by atoms with Crippen molar-refractivity contribution in [2.24, 2.45) is 5.92 Å². The maximum atomic E-state index is 12.4. The highest BCUT2D eigenvalue weighted by Crippen LogP contribution is 2.29. The molecule has 1 aliphatic heterocycles. The molecule has 0 aromatic carbocycles. The molecule has 128 valence electrons. The van der Waals surface area contributed by atoms with E-state index in [9.17, 15) is 4.79 Å². The number of hydrogen-bond acceptors (Lipinski definition) is 3. The Morgan fingerprint density at radius 3 is 3.00 bits per heavy atom. The van der Waals surface area contributed by atoms with Gasteiger partial charge in [0.25, 0.3) is 0 Å². The Hall–Kier alpha value is -1.36. The van der Waals surface area contributed by atoms with Gasteiger partial charge in [0.2, 0.25) is 5.91 Å². The second-order valence-electron chi connectivity index (χ2n) is 7.03. The predicted molar refractivity (Wildman–Crippen MR) is 89.0 cm³/mol. The van der Waals surface area contributed by atoms with Crippen molar-refractivity contribution in [1.82, 2.24) is 15.1 Å². The molecule has 0 radical (unpaired) electrons. The van der Waals surface area contributed by atoms with Crippen LogP contribution in [0.5, 0.6) is 0 Å². The van der Waals surface area contributed by atoms with Gasteiger partial charge in [0.05, 0.1) is 18.9 Å². The topological polar surface area (TPSA) is 58.2 Å². The summed E-state index contributed by atoms with van der Waals surface area (Å²) in [6.45, 7) is 2.25. The predicted octanol–water partition coefficient (Wildman–Crippen LogP) is 2.93. The van der Waals surface area contributed by atoms with Gasteiger partial charge in [-0.15, -0.1) is 0 Å². The first kappa shape index (κ1) is 16.5. The molecule has 1 aliphatic carbocycles. The second kappa shape index (κ2) is 8.48. The number of rotatable bonds is 6. The molecule has 1 N–H and O–H groups in total. The van der Waals surface area contributed by atoms with Crippen molar-refractivity contribution in [2.45, 2.75) is 63.9 Å². The van der Waals surface area contributed by atoms with Gasteiger partial charge in [0.1, 0.15) is 0 Å². The summed E-state index contributed by atoms with van der Waals surface area (Å²) < 4.78 is 5.92. The molecule has 2 heterocycles. The number of H-pyrrole nitrogens is 1. The summed E-state index contributed by atoms with van der Waals surface area (Å²) in [7, 11) is 0. The van der Waals surface area contributed by atoms with Gasteiger partial charge < -0.3 is 9.64 Å². The number of hydrogen-bond donors (Lipinski definition) is 1. The molecular weight excluding hydrogens is 290 g/mol. The summed E-state index contributed by atoms with van der Waals surface area (Å²) in [5.41, 5.74) is 1.18. The third kappa shape index (κ3) is 5.06. The van der Waals surface area contributed by atoms with Gasteiger partial charge in [0.15, 0.2) is 0 Å². The Morgan fingerprint density at radius 2 is 2.22 bits per heavy atom. The lowest BCUT2D eigenvalue weighted by atomic mass is 9.85. The zero-order chi connectivity index (χ0) is 15.9. The summed E-state index contributed by atoms with van der Waals surface area (Å²) in [4.78, 5) is 14.4. The smallest absolute Gasteiger partial charge is 0.222 e. The zero-order valence-electron chi connectivity index (χ0n) is 14.0. The molecule has 0 bridgehead atoms. The SMILES string of the molecule is O=C(CCCc1cn[nH]c1)N1CCO[C@H](CC2CCCCC2)C1. The van der Waals surface area contributed by atoms with Crippen LogP contribution < -0.4 is 0 Å². The number of aryl methyl sites for hydroxylation is 1. The van der Waals surface area contributed by atoms with Crippen molar-refractivity contribution >= 4 is 5.91 Å². The van der Waals surface area contributed by atoms with Crippen molar-refractivity contribution in [3.05, 3.63) is 18.0 Å². The van der Waals surface area contributed by atoms with E-state index in [2.05, 4.69) is 10.2 Å². The highest BCUT2D eigenvalue weighted by atomic mass is 16.5. The van der Waals surface area contributed by atoms with E-state index in [0.717, 1.165) is 38.3 Å². The number of amides is 1. The number of carbonyl (C=O) groups is 1. The van der Waals surface area contributed by atoms with Gasteiger partial charge in [0, 0.05) is 25.7 Å². The molecule has 1 saturated carbocycles. The molecule has 1 amide bonds. The summed E-state index contributed by atoms with van der Waals surface area (Å²) in [6.07, 6.45) is 14.4. The third-order valence-corrected chi connectivity index (χ3v) is 5.22. The standard InChI is InChI=1S/C18H29N3O2/c22-18(8-4-7-16-12-19-20-13-16)21-9-10-23-17(14-21)11-15-5-2-1-3-6-15/h12-13,15,17H,1-11,14H2,(H,19,20)/t17-/m1/s1. The van der Waals surface area contributed by atoms with Gasteiger partial charge in [-0.2, -0.15) is 5.10 Å². The molecule has 1 atom stereocenters. The lowest BCUT2D eigenvalue weighted by Crippen LogP contribution is -2.46.